The minimum atomic E-state index is 0.0875. The van der Waals surface area contributed by atoms with E-state index >= 15 is 0 Å². The van der Waals surface area contributed by atoms with Crippen molar-refractivity contribution in [3.05, 3.63) is 30.3 Å². The first kappa shape index (κ1) is 11.2. The molecule has 0 amide bonds. The molecule has 1 aromatic rings. The summed E-state index contributed by atoms with van der Waals surface area (Å²) in [5.74, 6) is 0.242. The standard InChI is InChI=1S/C9H8ClN7/c10-17-15-9(14-16-17)8(6-11)13-12-7-4-2-1-3-5-7/h1-5,12,16H,(H,14,15). The van der Waals surface area contributed by atoms with Crippen LogP contribution in [0, 0.1) is 11.3 Å². The quantitative estimate of drug-likeness (QED) is 0.418. The Balaban J connectivity index is 2.07. The van der Waals surface area contributed by atoms with Crippen LogP contribution in [-0.4, -0.2) is 16.2 Å². The van der Waals surface area contributed by atoms with E-state index in [0.29, 0.717) is 0 Å². The third-order valence-electron chi connectivity index (χ3n) is 1.85. The Labute approximate surface area is 102 Å². The van der Waals surface area contributed by atoms with Gasteiger partial charge in [-0.15, -0.1) is 5.10 Å². The van der Waals surface area contributed by atoms with Crippen LogP contribution in [0.4, 0.5) is 5.69 Å². The van der Waals surface area contributed by atoms with Gasteiger partial charge in [-0.05, 0) is 16.8 Å². The molecule has 0 aromatic heterocycles. The number of hydrogen-bond donors (Lipinski definition) is 3. The number of hydrazine groups is 2. The lowest BCUT2D eigenvalue weighted by atomic mass is 10.3. The molecule has 0 unspecified atom stereocenters. The maximum Gasteiger partial charge on any atom is 0.206 e. The van der Waals surface area contributed by atoms with Crippen molar-refractivity contribution in [1.82, 2.24) is 15.6 Å². The minimum Gasteiger partial charge on any atom is -0.277 e. The van der Waals surface area contributed by atoms with Crippen molar-refractivity contribution in [2.24, 2.45) is 10.2 Å². The van der Waals surface area contributed by atoms with E-state index in [2.05, 4.69) is 26.6 Å². The number of rotatable bonds is 3. The van der Waals surface area contributed by atoms with E-state index in [4.69, 9.17) is 17.0 Å². The van der Waals surface area contributed by atoms with E-state index in [9.17, 15) is 0 Å². The molecule has 0 radical (unpaired) electrons. The van der Waals surface area contributed by atoms with Crippen molar-refractivity contribution in [1.29, 1.82) is 5.26 Å². The van der Waals surface area contributed by atoms with Crippen molar-refractivity contribution in [3.63, 3.8) is 0 Å². The van der Waals surface area contributed by atoms with Gasteiger partial charge in [-0.1, -0.05) is 18.2 Å². The van der Waals surface area contributed by atoms with Gasteiger partial charge in [0.15, 0.2) is 0 Å². The number of halogens is 1. The topological polar surface area (TPSA) is 87.8 Å². The second-order valence-corrected chi connectivity index (χ2v) is 3.34. The molecule has 86 valence electrons. The molecule has 1 aliphatic heterocycles. The van der Waals surface area contributed by atoms with Gasteiger partial charge < -0.3 is 0 Å². The molecular weight excluding hydrogens is 242 g/mol. The van der Waals surface area contributed by atoms with Crippen molar-refractivity contribution >= 4 is 29.0 Å². The number of nitrogens with one attached hydrogen (secondary N) is 3. The summed E-state index contributed by atoms with van der Waals surface area (Å²) >= 11 is 5.54. The first-order chi connectivity index (χ1) is 8.29. The van der Waals surface area contributed by atoms with Crippen LogP contribution >= 0.6 is 11.8 Å². The molecule has 17 heavy (non-hydrogen) atoms. The van der Waals surface area contributed by atoms with E-state index in [1.54, 1.807) is 0 Å². The molecule has 1 aliphatic rings. The molecule has 7 nitrogen and oxygen atoms in total. The van der Waals surface area contributed by atoms with Crippen LogP contribution in [0.5, 0.6) is 0 Å². The van der Waals surface area contributed by atoms with Crippen molar-refractivity contribution in [3.8, 4) is 6.07 Å². The maximum atomic E-state index is 8.92. The van der Waals surface area contributed by atoms with Crippen LogP contribution in [0.1, 0.15) is 0 Å². The number of amidine groups is 1. The predicted molar refractivity (Wildman–Crippen MR) is 64.5 cm³/mol. The second-order valence-electron chi connectivity index (χ2n) is 3.00. The lowest BCUT2D eigenvalue weighted by molar-refractivity contribution is 0.345. The van der Waals surface area contributed by atoms with E-state index in [-0.39, 0.29) is 11.5 Å². The number of para-hydroxylation sites is 1. The van der Waals surface area contributed by atoms with E-state index in [1.165, 1.54) is 0 Å². The molecule has 0 fully saturated rings. The van der Waals surface area contributed by atoms with Gasteiger partial charge in [0, 0.05) is 11.8 Å². The maximum absolute atomic E-state index is 8.92. The Bertz CT molecular complexity index is 490. The molecule has 8 heteroatoms. The Morgan fingerprint density at radius 2 is 2.24 bits per heavy atom. The molecule has 1 heterocycles. The van der Waals surface area contributed by atoms with Crippen LogP contribution in [0.3, 0.4) is 0 Å². The van der Waals surface area contributed by atoms with Gasteiger partial charge in [0.25, 0.3) is 0 Å². The fourth-order valence-electron chi connectivity index (χ4n) is 1.11. The molecule has 3 N–H and O–H groups in total. The molecular formula is C9H8ClN7. The summed E-state index contributed by atoms with van der Waals surface area (Å²) in [6.07, 6.45) is 0. The molecule has 1 aromatic carbocycles. The SMILES string of the molecule is N#CC(=NNc1ccccc1)C1=NNN(Cl)N1. The Hall–Kier alpha value is -2.30. The van der Waals surface area contributed by atoms with E-state index in [0.717, 1.165) is 10.3 Å². The first-order valence-electron chi connectivity index (χ1n) is 4.64. The molecule has 0 aliphatic carbocycles. The zero-order chi connectivity index (χ0) is 12.1. The molecule has 0 saturated heterocycles. The lowest BCUT2D eigenvalue weighted by Gasteiger charge is -2.03. The van der Waals surface area contributed by atoms with Crippen LogP contribution in [0.15, 0.2) is 40.5 Å². The predicted octanol–water partition coefficient (Wildman–Crippen LogP) is 0.770. The lowest BCUT2D eigenvalue weighted by Crippen LogP contribution is -2.36. The van der Waals surface area contributed by atoms with Crippen molar-refractivity contribution in [2.75, 3.05) is 5.43 Å². The summed E-state index contributed by atoms with van der Waals surface area (Å²) in [5.41, 5.74) is 8.59. The highest BCUT2D eigenvalue weighted by molar-refractivity contribution is 6.48. The molecule has 2 rings (SSSR count). The minimum absolute atomic E-state index is 0.0875. The summed E-state index contributed by atoms with van der Waals surface area (Å²) in [6.45, 7) is 0. The number of nitriles is 1. The monoisotopic (exact) mass is 249 g/mol. The van der Waals surface area contributed by atoms with Crippen LogP contribution in [0.25, 0.3) is 0 Å². The molecule has 0 saturated carbocycles. The second kappa shape index (κ2) is 5.16. The smallest absolute Gasteiger partial charge is 0.206 e. The average Bonchev–Trinajstić information content (AvgIpc) is 2.78. The summed E-state index contributed by atoms with van der Waals surface area (Å²) in [7, 11) is 0. The van der Waals surface area contributed by atoms with Gasteiger partial charge in [-0.2, -0.15) is 10.4 Å². The highest BCUT2D eigenvalue weighted by atomic mass is 35.5. The third-order valence-corrected chi connectivity index (χ3v) is 2.01. The fourth-order valence-corrected chi connectivity index (χ4v) is 1.22. The van der Waals surface area contributed by atoms with E-state index < -0.39 is 0 Å². The summed E-state index contributed by atoms with van der Waals surface area (Å²) in [5, 5.41) is 16.6. The summed E-state index contributed by atoms with van der Waals surface area (Å²) < 4.78 is 0.991. The highest BCUT2D eigenvalue weighted by Crippen LogP contribution is 2.04. The zero-order valence-corrected chi connectivity index (χ0v) is 9.31. The van der Waals surface area contributed by atoms with Crippen LogP contribution in [-0.2, 0) is 0 Å². The van der Waals surface area contributed by atoms with Gasteiger partial charge >= 0.3 is 0 Å². The molecule has 0 atom stereocenters. The molecule has 0 spiro atoms. The van der Waals surface area contributed by atoms with Gasteiger partial charge in [0.1, 0.15) is 6.07 Å². The van der Waals surface area contributed by atoms with Gasteiger partial charge in [0.05, 0.1) is 5.69 Å². The number of hydrazone groups is 2. The van der Waals surface area contributed by atoms with Crippen molar-refractivity contribution < 1.29 is 0 Å². The third kappa shape index (κ3) is 2.84. The van der Waals surface area contributed by atoms with Crippen LogP contribution < -0.4 is 16.4 Å². The Morgan fingerprint density at radius 3 is 2.82 bits per heavy atom. The number of anilines is 1. The van der Waals surface area contributed by atoms with Gasteiger partial charge in [0.2, 0.25) is 11.5 Å². The molecule has 0 bridgehead atoms. The summed E-state index contributed by atoms with van der Waals surface area (Å²) in [4.78, 5) is 0. The van der Waals surface area contributed by atoms with Gasteiger partial charge in [-0.3, -0.25) is 10.9 Å². The number of hydrogen-bond acceptors (Lipinski definition) is 7. The normalized spacial score (nSPS) is 15.5. The Kier molecular flexibility index (Phi) is 3.40. The zero-order valence-electron chi connectivity index (χ0n) is 8.55. The first-order valence-corrected chi connectivity index (χ1v) is 4.98. The van der Waals surface area contributed by atoms with Crippen LogP contribution in [0.2, 0.25) is 0 Å². The fraction of sp³-hybridized carbons (Fsp3) is 0. The van der Waals surface area contributed by atoms with E-state index in [1.807, 2.05) is 36.4 Å². The average molecular weight is 250 g/mol. The van der Waals surface area contributed by atoms with Gasteiger partial charge in [-0.25, -0.2) is 5.53 Å². The largest absolute Gasteiger partial charge is 0.277 e. The summed E-state index contributed by atoms with van der Waals surface area (Å²) in [6, 6.07) is 11.2. The van der Waals surface area contributed by atoms with Crippen molar-refractivity contribution in [2.45, 2.75) is 0 Å². The highest BCUT2D eigenvalue weighted by Gasteiger charge is 2.17. The number of nitrogens with zero attached hydrogens (tertiary/aromatic N) is 4. The Morgan fingerprint density at radius 1 is 1.47 bits per heavy atom. The number of benzene rings is 1.